The van der Waals surface area contributed by atoms with Gasteiger partial charge in [0.15, 0.2) is 0 Å². The van der Waals surface area contributed by atoms with Gasteiger partial charge in [0.25, 0.3) is 5.91 Å². The molecular formula is C31H31F3N2O3. The van der Waals surface area contributed by atoms with Gasteiger partial charge in [-0.3, -0.25) is 9.69 Å². The molecule has 1 amide bonds. The zero-order valence-corrected chi connectivity index (χ0v) is 21.8. The number of carbonyl (C=O) groups excluding carboxylic acids is 1. The molecule has 1 spiro atoms. The molecule has 5 aliphatic rings. The number of aliphatic hydroxyl groups is 1. The standard InChI is InChI=1S/C31H31F3N2O3/c1-35(26(37)12-9-19-7-10-22(11-8-19)31(32,33)34)23-13-14-30(38)25-17-21-3-2-4-24-27(21)29(30,28(23)39-24)15-16-36(25)18-20-5-6-20/h2-4,7-8,10-11,20,23,25,28,38H,5-6,13-18H2,1H3/t23-,25+,28-,29-,30+/m0/s1. The van der Waals surface area contributed by atoms with Crippen molar-refractivity contribution < 1.29 is 27.8 Å². The summed E-state index contributed by atoms with van der Waals surface area (Å²) in [6, 6.07) is 10.4. The fourth-order valence-corrected chi connectivity index (χ4v) is 7.93. The molecule has 2 bridgehead atoms. The molecule has 0 radical (unpaired) electrons. The second kappa shape index (κ2) is 8.49. The highest BCUT2D eigenvalue weighted by molar-refractivity contribution is 5.94. The molecule has 3 fully saturated rings. The minimum atomic E-state index is -4.42. The fourth-order valence-electron chi connectivity index (χ4n) is 7.93. The van der Waals surface area contributed by atoms with Crippen LogP contribution in [0.1, 0.15) is 54.4 Å². The van der Waals surface area contributed by atoms with Crippen LogP contribution in [0, 0.1) is 17.8 Å². The van der Waals surface area contributed by atoms with E-state index < -0.39 is 28.7 Å². The van der Waals surface area contributed by atoms with E-state index in [0.717, 1.165) is 55.3 Å². The van der Waals surface area contributed by atoms with Crippen LogP contribution in [-0.4, -0.2) is 64.7 Å². The van der Waals surface area contributed by atoms with E-state index in [0.29, 0.717) is 18.4 Å². The molecule has 39 heavy (non-hydrogen) atoms. The maximum absolute atomic E-state index is 13.2. The summed E-state index contributed by atoms with van der Waals surface area (Å²) in [5, 5.41) is 12.6. The van der Waals surface area contributed by atoms with Crippen LogP contribution < -0.4 is 4.74 Å². The first-order valence-electron chi connectivity index (χ1n) is 13.8. The van der Waals surface area contributed by atoms with E-state index in [2.05, 4.69) is 22.8 Å². The highest BCUT2D eigenvalue weighted by Gasteiger charge is 2.73. The summed E-state index contributed by atoms with van der Waals surface area (Å²) in [5.74, 6) is 6.47. The number of hydrogen-bond acceptors (Lipinski definition) is 4. The largest absolute Gasteiger partial charge is 0.487 e. The predicted molar refractivity (Wildman–Crippen MR) is 138 cm³/mol. The smallest absolute Gasteiger partial charge is 0.416 e. The van der Waals surface area contributed by atoms with Crippen LogP contribution in [0.25, 0.3) is 0 Å². The first-order chi connectivity index (χ1) is 18.6. The van der Waals surface area contributed by atoms with E-state index in [1.165, 1.54) is 30.5 Å². The third kappa shape index (κ3) is 3.66. The number of nitrogens with zero attached hydrogens (tertiary/aromatic N) is 2. The number of likely N-dealkylation sites (tertiary alicyclic amines) is 1. The molecule has 2 heterocycles. The van der Waals surface area contributed by atoms with Crippen LogP contribution in [0.2, 0.25) is 0 Å². The number of likely N-dealkylation sites (N-methyl/N-ethyl adjacent to an activating group) is 1. The van der Waals surface area contributed by atoms with Crippen molar-refractivity contribution in [2.24, 2.45) is 5.92 Å². The Kier molecular flexibility index (Phi) is 5.44. The molecule has 2 aromatic carbocycles. The number of alkyl halides is 3. The maximum Gasteiger partial charge on any atom is 0.416 e. The van der Waals surface area contributed by atoms with E-state index >= 15 is 0 Å². The van der Waals surface area contributed by atoms with Gasteiger partial charge in [0.2, 0.25) is 0 Å². The second-order valence-electron chi connectivity index (χ2n) is 12.0. The molecule has 3 aliphatic carbocycles. The van der Waals surface area contributed by atoms with Crippen molar-refractivity contribution in [2.45, 2.75) is 73.9 Å². The van der Waals surface area contributed by atoms with Crippen LogP contribution in [-0.2, 0) is 22.8 Å². The molecule has 1 saturated heterocycles. The topological polar surface area (TPSA) is 53.0 Å². The van der Waals surface area contributed by atoms with Gasteiger partial charge in [0.05, 0.1) is 22.6 Å². The summed E-state index contributed by atoms with van der Waals surface area (Å²) < 4.78 is 45.3. The van der Waals surface area contributed by atoms with Gasteiger partial charge in [-0.15, -0.1) is 0 Å². The summed E-state index contributed by atoms with van der Waals surface area (Å²) in [6.07, 6.45) is 0.462. The number of piperidine rings is 1. The zero-order chi connectivity index (χ0) is 27.2. The van der Waals surface area contributed by atoms with Gasteiger partial charge in [-0.1, -0.05) is 18.1 Å². The van der Waals surface area contributed by atoms with Gasteiger partial charge in [-0.2, -0.15) is 13.2 Å². The van der Waals surface area contributed by atoms with Crippen molar-refractivity contribution in [3.05, 3.63) is 64.7 Å². The molecule has 2 saturated carbocycles. The monoisotopic (exact) mass is 536 g/mol. The Bertz CT molecular complexity index is 1390. The van der Waals surface area contributed by atoms with Crippen molar-refractivity contribution in [3.63, 3.8) is 0 Å². The van der Waals surface area contributed by atoms with Crippen molar-refractivity contribution in [2.75, 3.05) is 20.1 Å². The van der Waals surface area contributed by atoms with Crippen molar-refractivity contribution in [3.8, 4) is 17.6 Å². The number of ether oxygens (including phenoxy) is 1. The summed E-state index contributed by atoms with van der Waals surface area (Å²) in [5.41, 5.74) is 0.435. The van der Waals surface area contributed by atoms with Gasteiger partial charge >= 0.3 is 6.18 Å². The van der Waals surface area contributed by atoms with E-state index in [-0.39, 0.29) is 18.2 Å². The first kappa shape index (κ1) is 25.0. The average Bonchev–Trinajstić information content (AvgIpc) is 3.66. The van der Waals surface area contributed by atoms with E-state index in [9.17, 15) is 23.1 Å². The van der Waals surface area contributed by atoms with Gasteiger partial charge in [0.1, 0.15) is 11.9 Å². The molecule has 5 nitrogen and oxygen atoms in total. The van der Waals surface area contributed by atoms with Crippen LogP contribution in [0.3, 0.4) is 0 Å². The molecule has 2 aromatic rings. The van der Waals surface area contributed by atoms with Crippen LogP contribution in [0.5, 0.6) is 5.75 Å². The minimum Gasteiger partial charge on any atom is -0.487 e. The van der Waals surface area contributed by atoms with E-state index in [1.54, 1.807) is 11.9 Å². The highest BCUT2D eigenvalue weighted by Crippen LogP contribution is 2.64. The number of hydrogen-bond donors (Lipinski definition) is 1. The normalized spacial score (nSPS) is 32.5. The second-order valence-corrected chi connectivity index (χ2v) is 12.0. The summed E-state index contributed by atoms with van der Waals surface area (Å²) >= 11 is 0. The lowest BCUT2D eigenvalue weighted by atomic mass is 9.48. The van der Waals surface area contributed by atoms with Gasteiger partial charge in [0, 0.05) is 36.7 Å². The van der Waals surface area contributed by atoms with Gasteiger partial charge in [-0.05, 0) is 86.9 Å². The number of benzene rings is 2. The molecule has 0 unspecified atom stereocenters. The number of rotatable bonds is 3. The number of halogens is 3. The molecule has 5 atom stereocenters. The number of carbonyl (C=O) groups is 1. The molecule has 8 heteroatoms. The lowest BCUT2D eigenvalue weighted by Gasteiger charge is -2.64. The van der Waals surface area contributed by atoms with Crippen molar-refractivity contribution in [1.29, 1.82) is 0 Å². The summed E-state index contributed by atoms with van der Waals surface area (Å²) in [7, 11) is 1.71. The zero-order valence-electron chi connectivity index (χ0n) is 21.8. The first-order valence-corrected chi connectivity index (χ1v) is 13.8. The molecule has 0 aromatic heterocycles. The molecule has 2 aliphatic heterocycles. The lowest BCUT2D eigenvalue weighted by Crippen LogP contribution is -2.78. The summed E-state index contributed by atoms with van der Waals surface area (Å²) in [4.78, 5) is 17.4. The summed E-state index contributed by atoms with van der Waals surface area (Å²) in [6.45, 7) is 1.93. The molecule has 7 rings (SSSR count). The fraction of sp³-hybridized carbons (Fsp3) is 0.516. The molecule has 1 N–H and O–H groups in total. The van der Waals surface area contributed by atoms with E-state index in [4.69, 9.17) is 4.74 Å². The third-order valence-electron chi connectivity index (χ3n) is 9.97. The van der Waals surface area contributed by atoms with Gasteiger partial charge < -0.3 is 14.7 Å². The Hall–Kier alpha value is -3.02. The quantitative estimate of drug-likeness (QED) is 0.599. The molecule has 204 valence electrons. The Morgan fingerprint density at radius 2 is 1.92 bits per heavy atom. The average molecular weight is 537 g/mol. The highest BCUT2D eigenvalue weighted by atomic mass is 19.4. The minimum absolute atomic E-state index is 0.0280. The lowest BCUT2D eigenvalue weighted by molar-refractivity contribution is -0.199. The Labute approximate surface area is 225 Å². The van der Waals surface area contributed by atoms with Gasteiger partial charge in [-0.25, -0.2) is 0 Å². The Morgan fingerprint density at radius 3 is 2.64 bits per heavy atom. The Morgan fingerprint density at radius 1 is 1.15 bits per heavy atom. The van der Waals surface area contributed by atoms with Crippen molar-refractivity contribution in [1.82, 2.24) is 9.80 Å². The van der Waals surface area contributed by atoms with Crippen LogP contribution >= 0.6 is 0 Å². The van der Waals surface area contributed by atoms with Crippen LogP contribution in [0.15, 0.2) is 42.5 Å². The van der Waals surface area contributed by atoms with Crippen molar-refractivity contribution >= 4 is 5.91 Å². The SMILES string of the molecule is CN(C(=O)C#Cc1ccc(C(F)(F)F)cc1)[C@H]1CC[C@@]2(O)[C@H]3Cc4cccc5c4[C@@]2(CCN3CC2CC2)[C@H]1O5. The van der Waals surface area contributed by atoms with E-state index in [1.807, 2.05) is 12.1 Å². The van der Waals surface area contributed by atoms with Crippen LogP contribution in [0.4, 0.5) is 13.2 Å². The predicted octanol–water partition coefficient (Wildman–Crippen LogP) is 4.15. The maximum atomic E-state index is 13.2. The Balaban J connectivity index is 1.18. The number of amides is 1. The molecular weight excluding hydrogens is 505 g/mol. The third-order valence-corrected chi connectivity index (χ3v) is 9.97.